The third kappa shape index (κ3) is 4.99. The van der Waals surface area contributed by atoms with Gasteiger partial charge in [-0.25, -0.2) is 4.68 Å². The van der Waals surface area contributed by atoms with Crippen LogP contribution in [-0.2, 0) is 17.8 Å². The molecule has 0 saturated carbocycles. The van der Waals surface area contributed by atoms with Gasteiger partial charge in [-0.15, -0.1) is 0 Å². The van der Waals surface area contributed by atoms with Crippen LogP contribution < -0.4 is 4.74 Å². The number of carbonyl (C=O) groups excluding carboxylic acids is 1. The van der Waals surface area contributed by atoms with Crippen LogP contribution in [-0.4, -0.2) is 34.2 Å². The molecular formula is C22H23F2N3O2. The molecule has 152 valence electrons. The average molecular weight is 399 g/mol. The summed E-state index contributed by atoms with van der Waals surface area (Å²) in [5.41, 5.74) is 4.57. The summed E-state index contributed by atoms with van der Waals surface area (Å²) in [6, 6.07) is 16.0. The number of alkyl halides is 2. The fourth-order valence-electron chi connectivity index (χ4n) is 3.15. The summed E-state index contributed by atoms with van der Waals surface area (Å²) in [6.45, 7) is 1.50. The Labute approximate surface area is 168 Å². The first kappa shape index (κ1) is 20.5. The molecule has 3 aromatic rings. The van der Waals surface area contributed by atoms with Gasteiger partial charge in [0.05, 0.1) is 17.8 Å². The number of aromatic nitrogens is 2. The van der Waals surface area contributed by atoms with Crippen LogP contribution in [0.1, 0.15) is 22.5 Å². The normalized spacial score (nSPS) is 11.0. The van der Waals surface area contributed by atoms with E-state index in [-0.39, 0.29) is 18.1 Å². The number of rotatable bonds is 7. The van der Waals surface area contributed by atoms with Gasteiger partial charge in [0, 0.05) is 24.8 Å². The fraction of sp³-hybridized carbons (Fsp3) is 0.273. The summed E-state index contributed by atoms with van der Waals surface area (Å²) in [7, 11) is 1.75. The molecule has 1 heterocycles. The number of amides is 1. The fourth-order valence-corrected chi connectivity index (χ4v) is 3.15. The van der Waals surface area contributed by atoms with Gasteiger partial charge in [0.2, 0.25) is 5.91 Å². The van der Waals surface area contributed by atoms with Crippen LogP contribution in [0.2, 0.25) is 0 Å². The zero-order chi connectivity index (χ0) is 21.0. The molecule has 0 N–H and O–H groups in total. The lowest BCUT2D eigenvalue weighted by Gasteiger charge is -2.18. The number of aryl methyl sites for hydroxylation is 1. The number of carbonyl (C=O) groups is 1. The van der Waals surface area contributed by atoms with E-state index in [9.17, 15) is 13.6 Å². The van der Waals surface area contributed by atoms with Crippen molar-refractivity contribution in [2.45, 2.75) is 33.4 Å². The largest absolute Gasteiger partial charge is 0.435 e. The quantitative estimate of drug-likeness (QED) is 0.595. The van der Waals surface area contributed by atoms with Crippen LogP contribution in [0.15, 0.2) is 54.6 Å². The summed E-state index contributed by atoms with van der Waals surface area (Å²) < 4.78 is 30.7. The second-order valence-electron chi connectivity index (χ2n) is 6.85. The minimum Gasteiger partial charge on any atom is -0.435 e. The second kappa shape index (κ2) is 8.86. The van der Waals surface area contributed by atoms with Crippen molar-refractivity contribution in [3.05, 3.63) is 77.1 Å². The molecule has 1 amide bonds. The van der Waals surface area contributed by atoms with Gasteiger partial charge in [-0.05, 0) is 43.7 Å². The number of hydrogen-bond donors (Lipinski definition) is 0. The van der Waals surface area contributed by atoms with E-state index in [4.69, 9.17) is 0 Å². The van der Waals surface area contributed by atoms with E-state index < -0.39 is 6.61 Å². The zero-order valence-electron chi connectivity index (χ0n) is 16.6. The lowest BCUT2D eigenvalue weighted by atomic mass is 10.1. The Hall–Kier alpha value is -3.22. The Balaban J connectivity index is 1.68. The average Bonchev–Trinajstić information content (AvgIpc) is 2.98. The molecule has 1 aromatic heterocycles. The van der Waals surface area contributed by atoms with Gasteiger partial charge in [-0.3, -0.25) is 4.79 Å². The summed E-state index contributed by atoms with van der Waals surface area (Å²) in [5.74, 6) is 0.00270. The van der Waals surface area contributed by atoms with Crippen LogP contribution in [0, 0.1) is 13.8 Å². The molecule has 0 saturated heterocycles. The van der Waals surface area contributed by atoms with Crippen molar-refractivity contribution in [2.24, 2.45) is 0 Å². The number of likely N-dealkylation sites (N-methyl/N-ethyl adjacent to an activating group) is 1. The summed E-state index contributed by atoms with van der Waals surface area (Å²) in [4.78, 5) is 14.3. The molecule has 0 atom stereocenters. The molecule has 0 unspecified atom stereocenters. The van der Waals surface area contributed by atoms with E-state index in [0.717, 1.165) is 28.2 Å². The number of hydrogen-bond acceptors (Lipinski definition) is 3. The standard InChI is InChI=1S/C22H23F2N3O2/c1-15-20(16(2)27(25-15)18-7-5-4-6-8-18)14-26(3)21(28)13-17-9-11-19(12-10-17)29-22(23)24/h4-12,22H,13-14H2,1-3H3. The molecule has 0 fully saturated rings. The van der Waals surface area contributed by atoms with Gasteiger partial charge in [0.1, 0.15) is 5.75 Å². The summed E-state index contributed by atoms with van der Waals surface area (Å²) in [5, 5.41) is 4.61. The number of ether oxygens (including phenoxy) is 1. The molecule has 7 heteroatoms. The minimum atomic E-state index is -2.86. The Morgan fingerprint density at radius 3 is 2.38 bits per heavy atom. The first-order valence-corrected chi connectivity index (χ1v) is 9.23. The zero-order valence-corrected chi connectivity index (χ0v) is 16.6. The van der Waals surface area contributed by atoms with E-state index in [1.54, 1.807) is 24.1 Å². The van der Waals surface area contributed by atoms with Gasteiger partial charge in [0.25, 0.3) is 0 Å². The SMILES string of the molecule is Cc1nn(-c2ccccc2)c(C)c1CN(C)C(=O)Cc1ccc(OC(F)F)cc1. The van der Waals surface area contributed by atoms with E-state index in [1.807, 2.05) is 48.9 Å². The van der Waals surface area contributed by atoms with Crippen LogP contribution in [0.25, 0.3) is 5.69 Å². The van der Waals surface area contributed by atoms with Crippen molar-refractivity contribution < 1.29 is 18.3 Å². The number of halogens is 2. The summed E-state index contributed by atoms with van der Waals surface area (Å²) in [6.07, 6.45) is 0.177. The Morgan fingerprint density at radius 1 is 1.10 bits per heavy atom. The molecule has 3 rings (SSSR count). The van der Waals surface area contributed by atoms with Crippen molar-refractivity contribution in [1.82, 2.24) is 14.7 Å². The predicted molar refractivity (Wildman–Crippen MR) is 106 cm³/mol. The molecular weight excluding hydrogens is 376 g/mol. The first-order valence-electron chi connectivity index (χ1n) is 9.23. The smallest absolute Gasteiger partial charge is 0.387 e. The van der Waals surface area contributed by atoms with Crippen molar-refractivity contribution in [3.63, 3.8) is 0 Å². The van der Waals surface area contributed by atoms with Crippen LogP contribution >= 0.6 is 0 Å². The Bertz CT molecular complexity index is 970. The molecule has 0 aliphatic heterocycles. The van der Waals surface area contributed by atoms with Gasteiger partial charge in [-0.1, -0.05) is 30.3 Å². The van der Waals surface area contributed by atoms with Crippen molar-refractivity contribution in [2.75, 3.05) is 7.05 Å². The maximum absolute atomic E-state index is 12.6. The molecule has 0 bridgehead atoms. The van der Waals surface area contributed by atoms with Crippen LogP contribution in [0.3, 0.4) is 0 Å². The highest BCUT2D eigenvalue weighted by Gasteiger charge is 2.17. The van der Waals surface area contributed by atoms with E-state index >= 15 is 0 Å². The summed E-state index contributed by atoms with van der Waals surface area (Å²) >= 11 is 0. The third-order valence-electron chi connectivity index (χ3n) is 4.77. The van der Waals surface area contributed by atoms with Crippen LogP contribution in [0.5, 0.6) is 5.75 Å². The van der Waals surface area contributed by atoms with Crippen molar-refractivity contribution in [1.29, 1.82) is 0 Å². The maximum atomic E-state index is 12.6. The van der Waals surface area contributed by atoms with Gasteiger partial charge < -0.3 is 9.64 Å². The lowest BCUT2D eigenvalue weighted by molar-refractivity contribution is -0.129. The second-order valence-corrected chi connectivity index (χ2v) is 6.85. The highest BCUT2D eigenvalue weighted by Crippen LogP contribution is 2.20. The van der Waals surface area contributed by atoms with Crippen molar-refractivity contribution in [3.8, 4) is 11.4 Å². The Morgan fingerprint density at radius 2 is 1.76 bits per heavy atom. The number of nitrogens with zero attached hydrogens (tertiary/aromatic N) is 3. The van der Waals surface area contributed by atoms with Crippen LogP contribution in [0.4, 0.5) is 8.78 Å². The van der Waals surface area contributed by atoms with E-state index in [1.165, 1.54) is 12.1 Å². The van der Waals surface area contributed by atoms with Gasteiger partial charge in [-0.2, -0.15) is 13.9 Å². The van der Waals surface area contributed by atoms with Crippen molar-refractivity contribution >= 4 is 5.91 Å². The van der Waals surface area contributed by atoms with Gasteiger partial charge in [0.15, 0.2) is 0 Å². The molecule has 2 aromatic carbocycles. The Kier molecular flexibility index (Phi) is 6.26. The topological polar surface area (TPSA) is 47.4 Å². The highest BCUT2D eigenvalue weighted by atomic mass is 19.3. The predicted octanol–water partition coefficient (Wildman–Crippen LogP) is 4.29. The van der Waals surface area contributed by atoms with E-state index in [0.29, 0.717) is 6.54 Å². The number of benzene rings is 2. The highest BCUT2D eigenvalue weighted by molar-refractivity contribution is 5.78. The maximum Gasteiger partial charge on any atom is 0.387 e. The molecule has 29 heavy (non-hydrogen) atoms. The third-order valence-corrected chi connectivity index (χ3v) is 4.77. The minimum absolute atomic E-state index is 0.0706. The molecule has 5 nitrogen and oxygen atoms in total. The molecule has 0 spiro atoms. The molecule has 0 aliphatic rings. The van der Waals surface area contributed by atoms with Gasteiger partial charge >= 0.3 is 6.61 Å². The monoisotopic (exact) mass is 399 g/mol. The lowest BCUT2D eigenvalue weighted by Crippen LogP contribution is -2.28. The molecule has 0 radical (unpaired) electrons. The number of para-hydroxylation sites is 1. The first-order chi connectivity index (χ1) is 13.8. The van der Waals surface area contributed by atoms with E-state index in [2.05, 4.69) is 9.84 Å². The molecule has 0 aliphatic carbocycles.